The van der Waals surface area contributed by atoms with Gasteiger partial charge in [0.1, 0.15) is 0 Å². The maximum atomic E-state index is 12.1. The highest BCUT2D eigenvalue weighted by Gasteiger charge is 2.37. The minimum absolute atomic E-state index is 0.212. The standard InChI is InChI=1S/C12H22N2O/c1-8-4-10(8)7-14(3)12(15)11-6-13-5-9(11)2/h8-11,13H,4-7H2,1-3H3/t8?,9-,10?,11-/m1/s1. The number of carbonyl (C=O) groups is 1. The van der Waals surface area contributed by atoms with Crippen LogP contribution < -0.4 is 5.32 Å². The highest BCUT2D eigenvalue weighted by atomic mass is 16.2. The van der Waals surface area contributed by atoms with Crippen molar-refractivity contribution in [1.82, 2.24) is 10.2 Å². The normalized spacial score (nSPS) is 39.1. The van der Waals surface area contributed by atoms with Gasteiger partial charge in [0.25, 0.3) is 0 Å². The van der Waals surface area contributed by atoms with Crippen molar-refractivity contribution in [2.45, 2.75) is 20.3 Å². The first kappa shape index (κ1) is 10.9. The second-order valence-corrected chi connectivity index (χ2v) is 5.43. The molecule has 1 N–H and O–H groups in total. The Morgan fingerprint density at radius 3 is 2.47 bits per heavy atom. The van der Waals surface area contributed by atoms with Crippen molar-refractivity contribution in [3.63, 3.8) is 0 Å². The van der Waals surface area contributed by atoms with Gasteiger partial charge in [-0.3, -0.25) is 4.79 Å². The third kappa shape index (κ3) is 2.33. The molecule has 1 aliphatic heterocycles. The lowest BCUT2D eigenvalue weighted by molar-refractivity contribution is -0.134. The third-order valence-electron chi connectivity index (χ3n) is 4.00. The van der Waals surface area contributed by atoms with Crippen molar-refractivity contribution in [3.8, 4) is 0 Å². The SMILES string of the molecule is CC1CC1CN(C)C(=O)[C@@H]1CNC[C@H]1C. The van der Waals surface area contributed by atoms with Crippen molar-refractivity contribution in [1.29, 1.82) is 0 Å². The van der Waals surface area contributed by atoms with Crippen LogP contribution >= 0.6 is 0 Å². The molecule has 0 aromatic carbocycles. The Morgan fingerprint density at radius 1 is 1.33 bits per heavy atom. The van der Waals surface area contributed by atoms with E-state index in [0.717, 1.165) is 31.5 Å². The lowest BCUT2D eigenvalue weighted by atomic mass is 9.97. The molecule has 2 unspecified atom stereocenters. The van der Waals surface area contributed by atoms with Crippen LogP contribution in [0.25, 0.3) is 0 Å². The molecule has 1 amide bonds. The Balaban J connectivity index is 1.83. The van der Waals surface area contributed by atoms with Gasteiger partial charge in [-0.2, -0.15) is 0 Å². The fourth-order valence-electron chi connectivity index (χ4n) is 2.52. The van der Waals surface area contributed by atoms with Crippen molar-refractivity contribution in [2.24, 2.45) is 23.7 Å². The summed E-state index contributed by atoms with van der Waals surface area (Å²) >= 11 is 0. The van der Waals surface area contributed by atoms with Gasteiger partial charge >= 0.3 is 0 Å². The molecular formula is C12H22N2O. The Labute approximate surface area is 92.2 Å². The van der Waals surface area contributed by atoms with Gasteiger partial charge in [-0.25, -0.2) is 0 Å². The first-order valence-corrected chi connectivity index (χ1v) is 6.05. The van der Waals surface area contributed by atoms with E-state index < -0.39 is 0 Å². The maximum absolute atomic E-state index is 12.1. The van der Waals surface area contributed by atoms with E-state index in [4.69, 9.17) is 0 Å². The van der Waals surface area contributed by atoms with Crippen molar-refractivity contribution in [2.75, 3.05) is 26.7 Å². The van der Waals surface area contributed by atoms with Gasteiger partial charge in [-0.05, 0) is 30.7 Å². The van der Waals surface area contributed by atoms with Gasteiger partial charge < -0.3 is 10.2 Å². The molecule has 0 aromatic rings. The molecule has 2 fully saturated rings. The lowest BCUT2D eigenvalue weighted by Gasteiger charge is -2.22. The lowest BCUT2D eigenvalue weighted by Crippen LogP contribution is -2.37. The number of carbonyl (C=O) groups excluding carboxylic acids is 1. The highest BCUT2D eigenvalue weighted by Crippen LogP contribution is 2.38. The van der Waals surface area contributed by atoms with E-state index in [-0.39, 0.29) is 5.92 Å². The molecule has 2 rings (SSSR count). The summed E-state index contributed by atoms with van der Waals surface area (Å²) in [5.74, 6) is 2.65. The monoisotopic (exact) mass is 210 g/mol. The van der Waals surface area contributed by atoms with E-state index >= 15 is 0 Å². The molecule has 15 heavy (non-hydrogen) atoms. The number of rotatable bonds is 3. The minimum Gasteiger partial charge on any atom is -0.345 e. The molecule has 0 bridgehead atoms. The smallest absolute Gasteiger partial charge is 0.227 e. The summed E-state index contributed by atoms with van der Waals surface area (Å²) in [5, 5.41) is 3.29. The summed E-state index contributed by atoms with van der Waals surface area (Å²) in [6.07, 6.45) is 1.30. The molecule has 1 aliphatic carbocycles. The first-order valence-electron chi connectivity index (χ1n) is 6.05. The topological polar surface area (TPSA) is 32.3 Å². The van der Waals surface area contributed by atoms with Crippen LogP contribution in [-0.2, 0) is 4.79 Å². The van der Waals surface area contributed by atoms with Crippen LogP contribution in [0.1, 0.15) is 20.3 Å². The predicted molar refractivity (Wildman–Crippen MR) is 60.4 cm³/mol. The van der Waals surface area contributed by atoms with Crippen LogP contribution in [0.5, 0.6) is 0 Å². The summed E-state index contributed by atoms with van der Waals surface area (Å²) in [5.41, 5.74) is 0. The van der Waals surface area contributed by atoms with Crippen LogP contribution in [0.4, 0.5) is 0 Å². The molecule has 3 heteroatoms. The van der Waals surface area contributed by atoms with Gasteiger partial charge in [0, 0.05) is 20.1 Å². The van der Waals surface area contributed by atoms with Gasteiger partial charge in [0.15, 0.2) is 0 Å². The summed E-state index contributed by atoms with van der Waals surface area (Å²) in [7, 11) is 1.96. The van der Waals surface area contributed by atoms with E-state index in [9.17, 15) is 4.79 Å². The molecule has 4 atom stereocenters. The Morgan fingerprint density at radius 2 is 2.00 bits per heavy atom. The largest absolute Gasteiger partial charge is 0.345 e. The van der Waals surface area contributed by atoms with E-state index in [2.05, 4.69) is 19.2 Å². The van der Waals surface area contributed by atoms with E-state index in [1.807, 2.05) is 11.9 Å². The molecule has 0 aromatic heterocycles. The molecule has 1 saturated heterocycles. The van der Waals surface area contributed by atoms with Gasteiger partial charge in [0.05, 0.1) is 5.92 Å². The molecule has 1 heterocycles. The maximum Gasteiger partial charge on any atom is 0.227 e. The third-order valence-corrected chi connectivity index (χ3v) is 4.00. The zero-order valence-electron chi connectivity index (χ0n) is 9.99. The first-order chi connectivity index (χ1) is 7.09. The summed E-state index contributed by atoms with van der Waals surface area (Å²) < 4.78 is 0. The quantitative estimate of drug-likeness (QED) is 0.752. The van der Waals surface area contributed by atoms with Crippen molar-refractivity contribution in [3.05, 3.63) is 0 Å². The number of hydrogen-bond donors (Lipinski definition) is 1. The second-order valence-electron chi connectivity index (χ2n) is 5.43. The number of amides is 1. The zero-order chi connectivity index (χ0) is 11.0. The molecule has 0 spiro atoms. The molecule has 1 saturated carbocycles. The van der Waals surface area contributed by atoms with Gasteiger partial charge in [0.2, 0.25) is 5.91 Å². The second kappa shape index (κ2) is 4.12. The summed E-state index contributed by atoms with van der Waals surface area (Å²) in [6.45, 7) is 7.25. The van der Waals surface area contributed by atoms with Crippen LogP contribution in [0.3, 0.4) is 0 Å². The van der Waals surface area contributed by atoms with Crippen molar-refractivity contribution >= 4 is 5.91 Å². The summed E-state index contributed by atoms with van der Waals surface area (Å²) in [4.78, 5) is 14.1. The highest BCUT2D eigenvalue weighted by molar-refractivity contribution is 5.79. The van der Waals surface area contributed by atoms with Crippen LogP contribution in [0.2, 0.25) is 0 Å². The molecule has 86 valence electrons. The van der Waals surface area contributed by atoms with E-state index in [1.54, 1.807) is 0 Å². The Bertz CT molecular complexity index is 254. The fraction of sp³-hybridized carbons (Fsp3) is 0.917. The van der Waals surface area contributed by atoms with E-state index in [0.29, 0.717) is 11.8 Å². The fourth-order valence-corrected chi connectivity index (χ4v) is 2.52. The molecule has 2 aliphatic rings. The van der Waals surface area contributed by atoms with Crippen LogP contribution in [0, 0.1) is 23.7 Å². The van der Waals surface area contributed by atoms with Crippen LogP contribution in [-0.4, -0.2) is 37.5 Å². The predicted octanol–water partition coefficient (Wildman–Crippen LogP) is 0.956. The zero-order valence-corrected chi connectivity index (χ0v) is 9.99. The Hall–Kier alpha value is -0.570. The van der Waals surface area contributed by atoms with E-state index in [1.165, 1.54) is 6.42 Å². The van der Waals surface area contributed by atoms with Gasteiger partial charge in [-0.1, -0.05) is 13.8 Å². The molecular weight excluding hydrogens is 188 g/mol. The average Bonchev–Trinajstić information content (AvgIpc) is 2.72. The van der Waals surface area contributed by atoms with Crippen LogP contribution in [0.15, 0.2) is 0 Å². The minimum atomic E-state index is 0.212. The van der Waals surface area contributed by atoms with Crippen molar-refractivity contribution < 1.29 is 4.79 Å². The summed E-state index contributed by atoms with van der Waals surface area (Å²) in [6, 6.07) is 0. The number of nitrogens with zero attached hydrogens (tertiary/aromatic N) is 1. The number of hydrogen-bond acceptors (Lipinski definition) is 2. The average molecular weight is 210 g/mol. The molecule has 0 radical (unpaired) electrons. The molecule has 3 nitrogen and oxygen atoms in total. The van der Waals surface area contributed by atoms with Gasteiger partial charge in [-0.15, -0.1) is 0 Å². The Kier molecular flexibility index (Phi) is 3.01. The number of nitrogens with one attached hydrogen (secondary N) is 1.